The van der Waals surface area contributed by atoms with E-state index in [0.29, 0.717) is 16.3 Å². The first-order chi connectivity index (χ1) is 7.10. The molecule has 0 saturated carbocycles. The lowest BCUT2D eigenvalue weighted by Crippen LogP contribution is -2.14. The Morgan fingerprint density at radius 2 is 2.27 bits per heavy atom. The van der Waals surface area contributed by atoms with Crippen molar-refractivity contribution in [1.29, 1.82) is 0 Å². The number of Topliss-reactive ketones (excluding diaryl/α,β-unsaturated/α-hetero) is 1. The van der Waals surface area contributed by atoms with Crippen LogP contribution in [0.25, 0.3) is 0 Å². The molecule has 4 heteroatoms. The fourth-order valence-corrected chi connectivity index (χ4v) is 1.65. The van der Waals surface area contributed by atoms with Crippen LogP contribution in [-0.2, 0) is 0 Å². The van der Waals surface area contributed by atoms with Gasteiger partial charge in [-0.2, -0.15) is 0 Å². The molecular formula is C11H12BrClO2. The molecule has 1 aromatic rings. The lowest BCUT2D eigenvalue weighted by atomic mass is 10.1. The van der Waals surface area contributed by atoms with Gasteiger partial charge in [0.05, 0.1) is 17.5 Å². The van der Waals surface area contributed by atoms with Crippen LogP contribution in [0.4, 0.5) is 0 Å². The first-order valence-electron chi connectivity index (χ1n) is 4.62. The molecule has 1 aromatic carbocycles. The van der Waals surface area contributed by atoms with Crippen LogP contribution in [0.5, 0.6) is 5.75 Å². The molecule has 0 bridgehead atoms. The summed E-state index contributed by atoms with van der Waals surface area (Å²) < 4.78 is 5.12. The molecule has 0 aliphatic carbocycles. The minimum Gasteiger partial charge on any atom is -0.496 e. The number of methoxy groups -OCH3 is 1. The maximum atomic E-state index is 11.9. The second-order valence-electron chi connectivity index (χ2n) is 3.08. The van der Waals surface area contributed by atoms with E-state index in [1.165, 1.54) is 7.11 Å². The number of benzene rings is 1. The van der Waals surface area contributed by atoms with Crippen molar-refractivity contribution in [3.63, 3.8) is 0 Å². The number of rotatable bonds is 4. The maximum absolute atomic E-state index is 11.9. The molecule has 1 unspecified atom stereocenters. The van der Waals surface area contributed by atoms with Crippen LogP contribution in [0, 0.1) is 0 Å². The SMILES string of the molecule is CCC(Br)C(=O)c1cc(Cl)ccc1OC. The zero-order valence-electron chi connectivity index (χ0n) is 8.59. The van der Waals surface area contributed by atoms with Gasteiger partial charge in [0.1, 0.15) is 5.75 Å². The second kappa shape index (κ2) is 5.52. The molecule has 82 valence electrons. The number of hydrogen-bond donors (Lipinski definition) is 0. The van der Waals surface area contributed by atoms with E-state index in [2.05, 4.69) is 15.9 Å². The van der Waals surface area contributed by atoms with Crippen molar-refractivity contribution in [2.75, 3.05) is 7.11 Å². The average Bonchev–Trinajstić information content (AvgIpc) is 2.27. The lowest BCUT2D eigenvalue weighted by Gasteiger charge is -2.10. The van der Waals surface area contributed by atoms with Gasteiger partial charge in [-0.15, -0.1) is 0 Å². The van der Waals surface area contributed by atoms with Gasteiger partial charge in [-0.25, -0.2) is 0 Å². The number of alkyl halides is 1. The lowest BCUT2D eigenvalue weighted by molar-refractivity contribution is 0.0987. The van der Waals surface area contributed by atoms with E-state index in [1.54, 1.807) is 18.2 Å². The number of ether oxygens (including phenoxy) is 1. The highest BCUT2D eigenvalue weighted by Crippen LogP contribution is 2.26. The fourth-order valence-electron chi connectivity index (χ4n) is 1.23. The van der Waals surface area contributed by atoms with E-state index < -0.39 is 0 Å². The number of carbonyl (C=O) groups excluding carboxylic acids is 1. The van der Waals surface area contributed by atoms with Gasteiger partial charge in [0.2, 0.25) is 0 Å². The van der Waals surface area contributed by atoms with Gasteiger partial charge in [0.15, 0.2) is 5.78 Å². The fraction of sp³-hybridized carbons (Fsp3) is 0.364. The van der Waals surface area contributed by atoms with Gasteiger partial charge >= 0.3 is 0 Å². The minimum absolute atomic E-state index is 0.00292. The zero-order chi connectivity index (χ0) is 11.4. The third kappa shape index (κ3) is 2.95. The van der Waals surface area contributed by atoms with E-state index >= 15 is 0 Å². The van der Waals surface area contributed by atoms with Gasteiger partial charge < -0.3 is 4.74 Å². The van der Waals surface area contributed by atoms with Crippen molar-refractivity contribution in [3.8, 4) is 5.75 Å². The van der Waals surface area contributed by atoms with Gasteiger partial charge in [-0.05, 0) is 24.6 Å². The molecule has 0 radical (unpaired) electrons. The van der Waals surface area contributed by atoms with Crippen molar-refractivity contribution in [2.24, 2.45) is 0 Å². The van der Waals surface area contributed by atoms with Crippen molar-refractivity contribution in [3.05, 3.63) is 28.8 Å². The Bertz CT molecular complexity index is 366. The van der Waals surface area contributed by atoms with Gasteiger partial charge in [0, 0.05) is 5.02 Å². The Balaban J connectivity index is 3.11. The van der Waals surface area contributed by atoms with E-state index in [0.717, 1.165) is 6.42 Å². The minimum atomic E-state index is -0.190. The smallest absolute Gasteiger partial charge is 0.180 e. The Morgan fingerprint density at radius 3 is 2.80 bits per heavy atom. The van der Waals surface area contributed by atoms with Crippen molar-refractivity contribution >= 4 is 33.3 Å². The molecule has 1 rings (SSSR count). The molecule has 0 aromatic heterocycles. The third-order valence-electron chi connectivity index (χ3n) is 2.07. The zero-order valence-corrected chi connectivity index (χ0v) is 10.9. The summed E-state index contributed by atoms with van der Waals surface area (Å²) in [6.45, 7) is 1.94. The van der Waals surface area contributed by atoms with E-state index in [1.807, 2.05) is 6.92 Å². The molecular weight excluding hydrogens is 279 g/mol. The number of halogens is 2. The average molecular weight is 292 g/mol. The molecule has 15 heavy (non-hydrogen) atoms. The Hall–Kier alpha value is -0.540. The molecule has 0 spiro atoms. The van der Waals surface area contributed by atoms with Crippen LogP contribution in [0.15, 0.2) is 18.2 Å². The van der Waals surface area contributed by atoms with E-state index in [4.69, 9.17) is 16.3 Å². The Kier molecular flexibility index (Phi) is 4.61. The number of carbonyl (C=O) groups is 1. The summed E-state index contributed by atoms with van der Waals surface area (Å²) in [6.07, 6.45) is 0.731. The highest BCUT2D eigenvalue weighted by Gasteiger charge is 2.19. The topological polar surface area (TPSA) is 26.3 Å². The maximum Gasteiger partial charge on any atom is 0.180 e. The van der Waals surface area contributed by atoms with Crippen molar-refractivity contribution < 1.29 is 9.53 Å². The molecule has 0 fully saturated rings. The van der Waals surface area contributed by atoms with E-state index in [-0.39, 0.29) is 10.6 Å². The molecule has 0 heterocycles. The highest BCUT2D eigenvalue weighted by molar-refractivity contribution is 9.10. The highest BCUT2D eigenvalue weighted by atomic mass is 79.9. The first-order valence-corrected chi connectivity index (χ1v) is 5.91. The Labute approximate surface area is 103 Å². The second-order valence-corrected chi connectivity index (χ2v) is 4.63. The predicted molar refractivity (Wildman–Crippen MR) is 65.3 cm³/mol. The van der Waals surface area contributed by atoms with E-state index in [9.17, 15) is 4.79 Å². The summed E-state index contributed by atoms with van der Waals surface area (Å²) in [4.78, 5) is 11.7. The summed E-state index contributed by atoms with van der Waals surface area (Å²) in [7, 11) is 1.54. The Morgan fingerprint density at radius 1 is 1.60 bits per heavy atom. The summed E-state index contributed by atoms with van der Waals surface area (Å²) in [6, 6.07) is 5.03. The molecule has 2 nitrogen and oxygen atoms in total. The van der Waals surface area contributed by atoms with Crippen LogP contribution in [0.1, 0.15) is 23.7 Å². The van der Waals surface area contributed by atoms with Crippen molar-refractivity contribution in [1.82, 2.24) is 0 Å². The third-order valence-corrected chi connectivity index (χ3v) is 3.37. The summed E-state index contributed by atoms with van der Waals surface area (Å²) in [5, 5.41) is 0.537. The number of ketones is 1. The molecule has 0 amide bonds. The first kappa shape index (κ1) is 12.5. The van der Waals surface area contributed by atoms with Gasteiger partial charge in [-0.3, -0.25) is 4.79 Å². The number of hydrogen-bond acceptors (Lipinski definition) is 2. The van der Waals surface area contributed by atoms with Gasteiger partial charge in [-0.1, -0.05) is 34.5 Å². The van der Waals surface area contributed by atoms with Crippen LogP contribution >= 0.6 is 27.5 Å². The molecule has 1 atom stereocenters. The molecule has 0 saturated heterocycles. The van der Waals surface area contributed by atoms with Crippen LogP contribution < -0.4 is 4.74 Å². The summed E-state index contributed by atoms with van der Waals surface area (Å²) in [5.74, 6) is 0.555. The van der Waals surface area contributed by atoms with Crippen LogP contribution in [0.3, 0.4) is 0 Å². The summed E-state index contributed by atoms with van der Waals surface area (Å²) in [5.41, 5.74) is 0.522. The monoisotopic (exact) mass is 290 g/mol. The largest absolute Gasteiger partial charge is 0.496 e. The van der Waals surface area contributed by atoms with Crippen LogP contribution in [0.2, 0.25) is 5.02 Å². The van der Waals surface area contributed by atoms with Crippen LogP contribution in [-0.4, -0.2) is 17.7 Å². The molecule has 0 aliphatic heterocycles. The molecule has 0 N–H and O–H groups in total. The quantitative estimate of drug-likeness (QED) is 0.624. The van der Waals surface area contributed by atoms with Crippen molar-refractivity contribution in [2.45, 2.75) is 18.2 Å². The van der Waals surface area contributed by atoms with Gasteiger partial charge in [0.25, 0.3) is 0 Å². The normalized spacial score (nSPS) is 12.3. The molecule has 0 aliphatic rings. The summed E-state index contributed by atoms with van der Waals surface area (Å²) >= 11 is 9.16. The predicted octanol–water partition coefficient (Wildman–Crippen LogP) is 3.70. The standard InChI is InChI=1S/C11H12BrClO2/c1-3-9(12)11(14)8-6-7(13)4-5-10(8)15-2/h4-6,9H,3H2,1-2H3.